The number of benzene rings is 1. The summed E-state index contributed by atoms with van der Waals surface area (Å²) in [5, 5.41) is 3.29. The molecule has 1 aliphatic heterocycles. The van der Waals surface area contributed by atoms with Crippen molar-refractivity contribution >= 4 is 35.9 Å². The lowest BCUT2D eigenvalue weighted by Crippen LogP contribution is -2.40. The van der Waals surface area contributed by atoms with Gasteiger partial charge in [-0.3, -0.25) is 4.79 Å². The predicted octanol–water partition coefficient (Wildman–Crippen LogP) is 3.84. The molecule has 1 saturated heterocycles. The van der Waals surface area contributed by atoms with Crippen molar-refractivity contribution in [2.45, 2.75) is 20.4 Å². The number of rotatable bonds is 6. The largest absolute Gasteiger partial charge is 0.469 e. The van der Waals surface area contributed by atoms with Crippen LogP contribution in [0.4, 0.5) is 4.39 Å². The molecule has 1 aromatic heterocycles. The minimum atomic E-state index is -0.361. The van der Waals surface area contributed by atoms with Crippen LogP contribution in [0.2, 0.25) is 0 Å². The van der Waals surface area contributed by atoms with Crippen LogP contribution < -0.4 is 10.1 Å². The van der Waals surface area contributed by atoms with E-state index in [1.54, 1.807) is 24.4 Å². The molecule has 3 rings (SSSR count). The van der Waals surface area contributed by atoms with Crippen LogP contribution in [0.5, 0.6) is 11.6 Å². The third-order valence-electron chi connectivity index (χ3n) is 4.98. The van der Waals surface area contributed by atoms with Crippen molar-refractivity contribution in [1.29, 1.82) is 0 Å². The van der Waals surface area contributed by atoms with Gasteiger partial charge in [0.25, 0.3) is 0 Å². The molecule has 1 fully saturated rings. The standard InChI is InChI=1S/C22H27FN4O3.HI/c1-4-24-22(27-13-15(2)19(14-27)21(28)29-3)26-12-16-8-9-20(25-11-16)30-18-7-5-6-17(23)10-18;/h5-11,15,19H,4,12-14H2,1-3H3,(H,24,26);1H. The van der Waals surface area contributed by atoms with E-state index in [1.165, 1.54) is 19.2 Å². The van der Waals surface area contributed by atoms with Crippen LogP contribution >= 0.6 is 24.0 Å². The number of hydrogen-bond donors (Lipinski definition) is 1. The Bertz CT molecular complexity index is 895. The van der Waals surface area contributed by atoms with Gasteiger partial charge in [-0.2, -0.15) is 0 Å². The minimum absolute atomic E-state index is 0. The van der Waals surface area contributed by atoms with E-state index in [0.717, 1.165) is 24.6 Å². The quantitative estimate of drug-likeness (QED) is 0.259. The van der Waals surface area contributed by atoms with E-state index in [-0.39, 0.29) is 47.6 Å². The fourth-order valence-electron chi connectivity index (χ4n) is 3.41. The summed E-state index contributed by atoms with van der Waals surface area (Å²) in [6.07, 6.45) is 1.69. The van der Waals surface area contributed by atoms with Crippen molar-refractivity contribution < 1.29 is 18.7 Å². The lowest BCUT2D eigenvalue weighted by molar-refractivity contribution is -0.145. The number of aromatic nitrogens is 1. The zero-order valence-electron chi connectivity index (χ0n) is 17.9. The van der Waals surface area contributed by atoms with Gasteiger partial charge in [-0.1, -0.05) is 19.1 Å². The fourth-order valence-corrected chi connectivity index (χ4v) is 3.41. The molecule has 9 heteroatoms. The van der Waals surface area contributed by atoms with Gasteiger partial charge in [0.1, 0.15) is 11.6 Å². The molecule has 0 radical (unpaired) electrons. The second kappa shape index (κ2) is 11.8. The fraction of sp³-hybridized carbons (Fsp3) is 0.409. The first kappa shape index (κ1) is 24.8. The number of halogens is 2. The van der Waals surface area contributed by atoms with Crippen molar-refractivity contribution in [1.82, 2.24) is 15.2 Å². The van der Waals surface area contributed by atoms with Crippen LogP contribution in [0.25, 0.3) is 0 Å². The summed E-state index contributed by atoms with van der Waals surface area (Å²) in [7, 11) is 1.42. The highest BCUT2D eigenvalue weighted by Gasteiger charge is 2.36. The maximum Gasteiger partial charge on any atom is 0.310 e. The Morgan fingerprint density at radius 2 is 2.13 bits per heavy atom. The van der Waals surface area contributed by atoms with Crippen molar-refractivity contribution in [3.8, 4) is 11.6 Å². The molecule has 2 atom stereocenters. The van der Waals surface area contributed by atoms with Crippen LogP contribution in [-0.2, 0) is 16.1 Å². The molecule has 2 unspecified atom stereocenters. The molecule has 31 heavy (non-hydrogen) atoms. The third-order valence-corrected chi connectivity index (χ3v) is 4.98. The van der Waals surface area contributed by atoms with Gasteiger partial charge in [-0.05, 0) is 30.5 Å². The molecule has 1 N–H and O–H groups in total. The molecule has 168 valence electrons. The number of guanidine groups is 1. The summed E-state index contributed by atoms with van der Waals surface area (Å²) < 4.78 is 23.7. The van der Waals surface area contributed by atoms with Crippen molar-refractivity contribution in [3.05, 3.63) is 54.0 Å². The zero-order valence-corrected chi connectivity index (χ0v) is 20.2. The van der Waals surface area contributed by atoms with E-state index in [0.29, 0.717) is 24.7 Å². The predicted molar refractivity (Wildman–Crippen MR) is 127 cm³/mol. The van der Waals surface area contributed by atoms with Crippen molar-refractivity contribution in [3.63, 3.8) is 0 Å². The van der Waals surface area contributed by atoms with E-state index in [9.17, 15) is 9.18 Å². The number of carbonyl (C=O) groups is 1. The summed E-state index contributed by atoms with van der Waals surface area (Å²) in [5.74, 6) is 1.04. The van der Waals surface area contributed by atoms with Crippen LogP contribution in [0.15, 0.2) is 47.6 Å². The lowest BCUT2D eigenvalue weighted by Gasteiger charge is -2.21. The van der Waals surface area contributed by atoms with Gasteiger partial charge in [0, 0.05) is 38.0 Å². The second-order valence-corrected chi connectivity index (χ2v) is 7.25. The van der Waals surface area contributed by atoms with Crippen LogP contribution in [0.3, 0.4) is 0 Å². The molecule has 0 spiro atoms. The lowest BCUT2D eigenvalue weighted by atomic mass is 9.99. The summed E-state index contributed by atoms with van der Waals surface area (Å²) in [6, 6.07) is 9.52. The van der Waals surface area contributed by atoms with Crippen LogP contribution in [0, 0.1) is 17.7 Å². The molecule has 2 aromatic rings. The van der Waals surface area contributed by atoms with E-state index < -0.39 is 0 Å². The van der Waals surface area contributed by atoms with E-state index in [2.05, 4.69) is 15.2 Å². The van der Waals surface area contributed by atoms with Crippen LogP contribution in [-0.4, -0.2) is 48.6 Å². The average Bonchev–Trinajstić information content (AvgIpc) is 3.13. The van der Waals surface area contributed by atoms with Gasteiger partial charge in [-0.15, -0.1) is 24.0 Å². The van der Waals surface area contributed by atoms with Gasteiger partial charge >= 0.3 is 5.97 Å². The maximum absolute atomic E-state index is 13.3. The smallest absolute Gasteiger partial charge is 0.310 e. The molecular formula is C22H28FIN4O3. The highest BCUT2D eigenvalue weighted by Crippen LogP contribution is 2.24. The first-order chi connectivity index (χ1) is 14.5. The minimum Gasteiger partial charge on any atom is -0.469 e. The van der Waals surface area contributed by atoms with E-state index >= 15 is 0 Å². The highest BCUT2D eigenvalue weighted by atomic mass is 127. The Morgan fingerprint density at radius 1 is 1.32 bits per heavy atom. The third kappa shape index (κ3) is 6.78. The van der Waals surface area contributed by atoms with Crippen molar-refractivity contribution in [2.75, 3.05) is 26.7 Å². The number of likely N-dealkylation sites (tertiary alicyclic amines) is 1. The highest BCUT2D eigenvalue weighted by molar-refractivity contribution is 14.0. The molecule has 0 saturated carbocycles. The number of methoxy groups -OCH3 is 1. The molecule has 0 aliphatic carbocycles. The first-order valence-electron chi connectivity index (χ1n) is 9.99. The molecule has 0 bridgehead atoms. The molecule has 0 amide bonds. The summed E-state index contributed by atoms with van der Waals surface area (Å²) in [6.45, 7) is 6.54. The zero-order chi connectivity index (χ0) is 21.5. The van der Waals surface area contributed by atoms with Gasteiger partial charge < -0.3 is 19.7 Å². The number of ether oxygens (including phenoxy) is 2. The van der Waals surface area contributed by atoms with Gasteiger partial charge in [0.05, 0.1) is 19.6 Å². The number of nitrogens with one attached hydrogen (secondary N) is 1. The Labute approximate surface area is 199 Å². The summed E-state index contributed by atoms with van der Waals surface area (Å²) in [4.78, 5) is 23.0. The van der Waals surface area contributed by atoms with Gasteiger partial charge in [-0.25, -0.2) is 14.4 Å². The number of aliphatic imine (C=N–C) groups is 1. The van der Waals surface area contributed by atoms with E-state index in [1.807, 2.05) is 19.9 Å². The Hall–Kier alpha value is -2.43. The SMILES string of the molecule is CCNC(=NCc1ccc(Oc2cccc(F)c2)nc1)N1CC(C)C(C(=O)OC)C1.I. The molecule has 1 aliphatic rings. The summed E-state index contributed by atoms with van der Waals surface area (Å²) in [5.41, 5.74) is 0.911. The Kier molecular flexibility index (Phi) is 9.47. The number of carbonyl (C=O) groups excluding carboxylic acids is 1. The summed E-state index contributed by atoms with van der Waals surface area (Å²) >= 11 is 0. The molecular weight excluding hydrogens is 514 g/mol. The van der Waals surface area contributed by atoms with Gasteiger partial charge in [0.15, 0.2) is 5.96 Å². The monoisotopic (exact) mass is 542 g/mol. The molecule has 7 nitrogen and oxygen atoms in total. The maximum atomic E-state index is 13.3. The first-order valence-corrected chi connectivity index (χ1v) is 9.99. The van der Waals surface area contributed by atoms with E-state index in [4.69, 9.17) is 14.5 Å². The second-order valence-electron chi connectivity index (χ2n) is 7.25. The van der Waals surface area contributed by atoms with Crippen molar-refractivity contribution in [2.24, 2.45) is 16.8 Å². The average molecular weight is 542 g/mol. The normalized spacial score (nSPS) is 18.3. The Morgan fingerprint density at radius 3 is 2.77 bits per heavy atom. The number of hydrogen-bond acceptors (Lipinski definition) is 5. The number of esters is 1. The number of pyridine rings is 1. The molecule has 1 aromatic carbocycles. The topological polar surface area (TPSA) is 76.1 Å². The van der Waals surface area contributed by atoms with Gasteiger partial charge in [0.2, 0.25) is 5.88 Å². The number of nitrogens with zero attached hydrogens (tertiary/aromatic N) is 3. The molecule has 2 heterocycles. The Balaban J connectivity index is 0.00000341. The van der Waals surface area contributed by atoms with Crippen LogP contribution in [0.1, 0.15) is 19.4 Å².